The molecule has 0 spiro atoms. The molecule has 1 aliphatic heterocycles. The maximum atomic E-state index is 13.1. The first kappa shape index (κ1) is 30.0. The van der Waals surface area contributed by atoms with Crippen molar-refractivity contribution in [3.63, 3.8) is 0 Å². The molecule has 1 aromatic heterocycles. The molecule has 0 aromatic carbocycles. The fraction of sp³-hybridized carbons (Fsp3) is 0.700. The van der Waals surface area contributed by atoms with Gasteiger partial charge < -0.3 is 18.9 Å². The maximum Gasteiger partial charge on any atom is 0.334 e. The largest absolute Gasteiger partial charge is 0.463 e. The average Bonchev–Trinajstić information content (AvgIpc) is 3.38. The summed E-state index contributed by atoms with van der Waals surface area (Å²) in [5.74, 6) is 0.190. The van der Waals surface area contributed by atoms with Crippen molar-refractivity contribution in [3.8, 4) is 0 Å². The summed E-state index contributed by atoms with van der Waals surface area (Å²) < 4.78 is 24.1. The number of esters is 3. The van der Waals surface area contributed by atoms with Gasteiger partial charge in [0.1, 0.15) is 18.9 Å². The molecule has 1 saturated carbocycles. The Kier molecular flexibility index (Phi) is 9.48. The molecule has 0 radical (unpaired) electrons. The van der Waals surface area contributed by atoms with Gasteiger partial charge in [0.2, 0.25) is 0 Å². The first-order valence-electron chi connectivity index (χ1n) is 14.4. The van der Waals surface area contributed by atoms with E-state index in [-0.39, 0.29) is 31.0 Å². The van der Waals surface area contributed by atoms with E-state index in [1.807, 2.05) is 13.8 Å². The summed E-state index contributed by atoms with van der Waals surface area (Å²) >= 11 is 0. The van der Waals surface area contributed by atoms with E-state index in [0.29, 0.717) is 29.0 Å². The third-order valence-electron chi connectivity index (χ3n) is 9.13. The summed E-state index contributed by atoms with van der Waals surface area (Å²) in [7, 11) is 0. The maximum absolute atomic E-state index is 13.1. The molecule has 2 aliphatic carbocycles. The highest BCUT2D eigenvalue weighted by Gasteiger charge is 2.45. The number of carbonyl (C=O) groups is 3. The van der Waals surface area contributed by atoms with Crippen LogP contribution < -0.4 is 0 Å². The van der Waals surface area contributed by atoms with Gasteiger partial charge in [-0.3, -0.25) is 9.59 Å². The lowest BCUT2D eigenvalue weighted by Crippen LogP contribution is -2.50. The number of hydrogen-bond donors (Lipinski definition) is 0. The second-order valence-corrected chi connectivity index (χ2v) is 11.9. The lowest BCUT2D eigenvalue weighted by Gasteiger charge is -2.43. The molecular formula is C30H43N3O7. The van der Waals surface area contributed by atoms with Gasteiger partial charge in [0, 0.05) is 25.3 Å². The molecule has 220 valence electrons. The second-order valence-electron chi connectivity index (χ2n) is 11.9. The lowest BCUT2D eigenvalue weighted by molar-refractivity contribution is -0.227. The molecule has 2 unspecified atom stereocenters. The van der Waals surface area contributed by atoms with Crippen molar-refractivity contribution >= 4 is 17.9 Å². The summed E-state index contributed by atoms with van der Waals surface area (Å²) in [4.78, 5) is 36.3. The Balaban J connectivity index is 1.42. The zero-order valence-corrected chi connectivity index (χ0v) is 24.5. The van der Waals surface area contributed by atoms with Gasteiger partial charge in [-0.25, -0.2) is 9.48 Å². The number of carbonyl (C=O) groups excluding carboxylic acids is 3. The van der Waals surface area contributed by atoms with Crippen LogP contribution in [0.15, 0.2) is 30.0 Å². The first-order valence-corrected chi connectivity index (χ1v) is 14.4. The van der Waals surface area contributed by atoms with Crippen molar-refractivity contribution < 1.29 is 33.3 Å². The van der Waals surface area contributed by atoms with Crippen LogP contribution in [-0.4, -0.2) is 51.7 Å². The molecular weight excluding hydrogens is 514 g/mol. The number of ether oxygens (including phenoxy) is 4. The van der Waals surface area contributed by atoms with Crippen molar-refractivity contribution in [2.45, 2.75) is 92.3 Å². The van der Waals surface area contributed by atoms with E-state index in [0.717, 1.165) is 25.7 Å². The van der Waals surface area contributed by atoms with Crippen molar-refractivity contribution in [3.05, 3.63) is 35.7 Å². The highest BCUT2D eigenvalue weighted by molar-refractivity contribution is 5.88. The summed E-state index contributed by atoms with van der Waals surface area (Å²) in [6.45, 7) is 15.2. The Morgan fingerprint density at radius 1 is 1.07 bits per heavy atom. The minimum absolute atomic E-state index is 0.0555. The van der Waals surface area contributed by atoms with Crippen LogP contribution in [0.2, 0.25) is 0 Å². The van der Waals surface area contributed by atoms with E-state index in [4.69, 9.17) is 18.9 Å². The number of nitrogens with zero attached hydrogens (tertiary/aromatic N) is 3. The molecule has 0 N–H and O–H groups in total. The average molecular weight is 558 g/mol. The quantitative estimate of drug-likeness (QED) is 0.196. The second kappa shape index (κ2) is 12.7. The van der Waals surface area contributed by atoms with E-state index in [2.05, 4.69) is 36.8 Å². The van der Waals surface area contributed by atoms with Gasteiger partial charge in [-0.1, -0.05) is 44.2 Å². The third kappa shape index (κ3) is 6.65. The molecule has 40 heavy (non-hydrogen) atoms. The van der Waals surface area contributed by atoms with Crippen molar-refractivity contribution in [2.24, 2.45) is 35.5 Å². The lowest BCUT2D eigenvalue weighted by atomic mass is 9.61. The molecule has 3 aliphatic rings. The Morgan fingerprint density at radius 3 is 2.52 bits per heavy atom. The number of rotatable bonds is 8. The van der Waals surface area contributed by atoms with Crippen LogP contribution in [0.3, 0.4) is 0 Å². The van der Waals surface area contributed by atoms with Gasteiger partial charge in [0.15, 0.2) is 12.3 Å². The molecule has 2 heterocycles. The van der Waals surface area contributed by atoms with E-state index in [1.54, 1.807) is 6.20 Å². The molecule has 10 heteroatoms. The molecule has 2 fully saturated rings. The van der Waals surface area contributed by atoms with E-state index < -0.39 is 36.3 Å². The number of allylic oxidation sites excluding steroid dienone is 2. The number of fused-ring (bicyclic) bond motifs is 1. The van der Waals surface area contributed by atoms with E-state index in [9.17, 15) is 14.4 Å². The van der Waals surface area contributed by atoms with Gasteiger partial charge in [-0.2, -0.15) is 0 Å². The third-order valence-corrected chi connectivity index (χ3v) is 9.13. The smallest absolute Gasteiger partial charge is 0.334 e. The summed E-state index contributed by atoms with van der Waals surface area (Å²) in [6.07, 6.45) is 6.41. The van der Waals surface area contributed by atoms with E-state index in [1.165, 1.54) is 24.1 Å². The van der Waals surface area contributed by atoms with Crippen LogP contribution in [0.5, 0.6) is 0 Å². The van der Waals surface area contributed by atoms with E-state index >= 15 is 0 Å². The normalized spacial score (nSPS) is 33.8. The fourth-order valence-electron chi connectivity index (χ4n) is 6.58. The van der Waals surface area contributed by atoms with Crippen LogP contribution in [-0.2, 0) is 39.9 Å². The molecule has 1 aromatic rings. The Bertz CT molecular complexity index is 1140. The summed E-state index contributed by atoms with van der Waals surface area (Å²) in [5.41, 5.74) is 2.33. The highest BCUT2D eigenvalue weighted by Crippen LogP contribution is 2.48. The standard InChI is InChI=1S/C30H43N3O7/c1-16-8-10-24-17(2)9-11-25(26(24)12-16)20(5)30(36)38-14-23-13-33(32-31-23)29-28(39-22(7)35)19(4)18(3)27(40-29)15-37-21(6)34/h12-13,17-19,24-29H,5,8-11,14-15H2,1-4,6-7H3/t17-,18+,19+,24+,25+,26+,27?,28+,29?/m1/s1. The van der Waals surface area contributed by atoms with Gasteiger partial charge in [-0.05, 0) is 62.2 Å². The minimum atomic E-state index is -0.787. The molecule has 0 bridgehead atoms. The molecule has 4 rings (SSSR count). The van der Waals surface area contributed by atoms with Gasteiger partial charge in [0.05, 0.1) is 12.3 Å². The van der Waals surface area contributed by atoms with Crippen LogP contribution in [0.4, 0.5) is 0 Å². The van der Waals surface area contributed by atoms with Crippen LogP contribution >= 0.6 is 0 Å². The monoisotopic (exact) mass is 557 g/mol. The highest BCUT2D eigenvalue weighted by atomic mass is 16.6. The van der Waals surface area contributed by atoms with Gasteiger partial charge in [-0.15, -0.1) is 5.10 Å². The summed E-state index contributed by atoms with van der Waals surface area (Å²) in [6, 6.07) is 0. The van der Waals surface area contributed by atoms with Gasteiger partial charge in [0.25, 0.3) is 0 Å². The fourth-order valence-corrected chi connectivity index (χ4v) is 6.58. The molecule has 10 nitrogen and oxygen atoms in total. The zero-order chi connectivity index (χ0) is 29.1. The van der Waals surface area contributed by atoms with Crippen molar-refractivity contribution in [1.82, 2.24) is 15.0 Å². The van der Waals surface area contributed by atoms with Crippen LogP contribution in [0.25, 0.3) is 0 Å². The Labute approximate surface area is 236 Å². The predicted octanol–water partition coefficient (Wildman–Crippen LogP) is 4.56. The molecule has 9 atom stereocenters. The van der Waals surface area contributed by atoms with Crippen LogP contribution in [0, 0.1) is 35.5 Å². The SMILES string of the molecule is C=C(C(=O)OCc1cn(C2OC(COC(C)=O)[C@@H](C)[C@H](C)[C@@H]2OC(C)=O)nn1)[C@@H]1CC[C@@H](C)[C@@H]2CCC(C)=C[C@@H]21. The molecule has 0 amide bonds. The number of aromatic nitrogens is 3. The molecule has 1 saturated heterocycles. The first-order chi connectivity index (χ1) is 19.0. The predicted molar refractivity (Wildman–Crippen MR) is 145 cm³/mol. The minimum Gasteiger partial charge on any atom is -0.463 e. The van der Waals surface area contributed by atoms with Crippen LogP contribution in [0.1, 0.15) is 79.1 Å². The number of hydrogen-bond acceptors (Lipinski definition) is 9. The Hall–Kier alpha value is -3.01. The Morgan fingerprint density at radius 2 is 1.82 bits per heavy atom. The topological polar surface area (TPSA) is 119 Å². The van der Waals surface area contributed by atoms with Crippen molar-refractivity contribution in [1.29, 1.82) is 0 Å². The zero-order valence-electron chi connectivity index (χ0n) is 24.5. The van der Waals surface area contributed by atoms with Crippen molar-refractivity contribution in [2.75, 3.05) is 6.61 Å². The van der Waals surface area contributed by atoms with Gasteiger partial charge >= 0.3 is 17.9 Å². The summed E-state index contributed by atoms with van der Waals surface area (Å²) in [5, 5.41) is 8.36.